The summed E-state index contributed by atoms with van der Waals surface area (Å²) >= 11 is 0. The molecule has 2 atom stereocenters. The zero-order valence-corrected chi connectivity index (χ0v) is 11.2. The van der Waals surface area contributed by atoms with Gasteiger partial charge in [-0.2, -0.15) is 0 Å². The van der Waals surface area contributed by atoms with Crippen molar-refractivity contribution in [3.05, 3.63) is 0 Å². The lowest BCUT2D eigenvalue weighted by molar-refractivity contribution is -0.137. The van der Waals surface area contributed by atoms with Crippen molar-refractivity contribution in [3.63, 3.8) is 0 Å². The van der Waals surface area contributed by atoms with Crippen LogP contribution in [0.3, 0.4) is 0 Å². The Morgan fingerprint density at radius 2 is 1.75 bits per heavy atom. The van der Waals surface area contributed by atoms with Crippen LogP contribution in [0.25, 0.3) is 0 Å². The van der Waals surface area contributed by atoms with Gasteiger partial charge in [-0.3, -0.25) is 4.79 Å². The number of piperidine rings is 1. The van der Waals surface area contributed by atoms with Crippen LogP contribution in [0.5, 0.6) is 0 Å². The molecule has 1 saturated heterocycles. The fraction of sp³-hybridized carbons (Fsp3) is 0.929. The van der Waals surface area contributed by atoms with Gasteiger partial charge in [-0.05, 0) is 39.5 Å². The van der Waals surface area contributed by atoms with E-state index >= 15 is 0 Å². The lowest BCUT2D eigenvalue weighted by Gasteiger charge is -2.39. The topological polar surface area (TPSA) is 20.3 Å². The summed E-state index contributed by atoms with van der Waals surface area (Å²) in [5.41, 5.74) is 0. The highest BCUT2D eigenvalue weighted by molar-refractivity contribution is 5.76. The van der Waals surface area contributed by atoms with Gasteiger partial charge in [0.25, 0.3) is 0 Å². The molecule has 1 amide bonds. The molecule has 0 aromatic carbocycles. The van der Waals surface area contributed by atoms with E-state index < -0.39 is 0 Å². The highest BCUT2D eigenvalue weighted by atomic mass is 16.2. The van der Waals surface area contributed by atoms with Gasteiger partial charge in [-0.1, -0.05) is 26.2 Å². The first kappa shape index (κ1) is 13.5. The van der Waals surface area contributed by atoms with Crippen LogP contribution in [-0.4, -0.2) is 22.9 Å². The van der Waals surface area contributed by atoms with Gasteiger partial charge in [0.05, 0.1) is 0 Å². The normalized spacial score (nSPS) is 25.8. The molecule has 0 radical (unpaired) electrons. The van der Waals surface area contributed by atoms with Crippen LogP contribution in [0, 0.1) is 0 Å². The van der Waals surface area contributed by atoms with Gasteiger partial charge in [0.15, 0.2) is 0 Å². The Labute approximate surface area is 100 Å². The lowest BCUT2D eigenvalue weighted by atomic mass is 9.96. The molecular weight excluding hydrogens is 198 g/mol. The molecule has 0 unspecified atom stereocenters. The third-order valence-electron chi connectivity index (χ3n) is 3.73. The van der Waals surface area contributed by atoms with E-state index in [1.807, 2.05) is 0 Å². The molecule has 1 fully saturated rings. The average Bonchev–Trinajstić information content (AvgIpc) is 2.24. The number of rotatable bonds is 5. The van der Waals surface area contributed by atoms with Crippen molar-refractivity contribution in [1.29, 1.82) is 0 Å². The maximum Gasteiger partial charge on any atom is 0.223 e. The van der Waals surface area contributed by atoms with Crippen LogP contribution in [-0.2, 0) is 4.79 Å². The quantitative estimate of drug-likeness (QED) is 0.653. The van der Waals surface area contributed by atoms with Crippen LogP contribution in [0.1, 0.15) is 72.1 Å². The molecule has 16 heavy (non-hydrogen) atoms. The van der Waals surface area contributed by atoms with Gasteiger partial charge in [0.1, 0.15) is 0 Å². The van der Waals surface area contributed by atoms with Crippen molar-refractivity contribution >= 4 is 5.91 Å². The van der Waals surface area contributed by atoms with E-state index in [4.69, 9.17) is 0 Å². The average molecular weight is 225 g/mol. The van der Waals surface area contributed by atoms with Crippen molar-refractivity contribution in [3.8, 4) is 0 Å². The van der Waals surface area contributed by atoms with Crippen molar-refractivity contribution in [2.75, 3.05) is 0 Å². The van der Waals surface area contributed by atoms with Crippen molar-refractivity contribution in [2.45, 2.75) is 84.2 Å². The number of likely N-dealkylation sites (tertiary alicyclic amines) is 1. The second-order valence-corrected chi connectivity index (χ2v) is 5.24. The van der Waals surface area contributed by atoms with Gasteiger partial charge in [0, 0.05) is 18.5 Å². The zero-order valence-electron chi connectivity index (χ0n) is 11.2. The molecule has 1 heterocycles. The zero-order chi connectivity index (χ0) is 12.0. The molecular formula is C14H27NO. The number of amides is 1. The molecule has 2 heteroatoms. The van der Waals surface area contributed by atoms with Gasteiger partial charge in [0.2, 0.25) is 5.91 Å². The minimum atomic E-state index is 0.385. The lowest BCUT2D eigenvalue weighted by Crippen LogP contribution is -2.47. The van der Waals surface area contributed by atoms with Gasteiger partial charge >= 0.3 is 0 Å². The first-order valence-corrected chi connectivity index (χ1v) is 6.98. The van der Waals surface area contributed by atoms with Crippen molar-refractivity contribution in [1.82, 2.24) is 4.90 Å². The summed E-state index contributed by atoms with van der Waals surface area (Å²) in [4.78, 5) is 14.2. The molecule has 1 aliphatic heterocycles. The van der Waals surface area contributed by atoms with Crippen molar-refractivity contribution < 1.29 is 4.79 Å². The molecule has 94 valence electrons. The number of hydrogen-bond donors (Lipinski definition) is 0. The second-order valence-electron chi connectivity index (χ2n) is 5.24. The first-order valence-electron chi connectivity index (χ1n) is 6.98. The predicted octanol–water partition coefficient (Wildman–Crippen LogP) is 3.75. The van der Waals surface area contributed by atoms with E-state index in [-0.39, 0.29) is 0 Å². The maximum absolute atomic E-state index is 12.1. The molecule has 0 saturated carbocycles. The van der Waals surface area contributed by atoms with E-state index in [9.17, 15) is 4.79 Å². The van der Waals surface area contributed by atoms with Crippen LogP contribution < -0.4 is 0 Å². The highest BCUT2D eigenvalue weighted by Gasteiger charge is 2.27. The Morgan fingerprint density at radius 1 is 1.12 bits per heavy atom. The molecule has 0 aromatic rings. The van der Waals surface area contributed by atoms with Gasteiger partial charge in [-0.25, -0.2) is 0 Å². The highest BCUT2D eigenvalue weighted by Crippen LogP contribution is 2.23. The molecule has 0 spiro atoms. The molecule has 1 aliphatic rings. The monoisotopic (exact) mass is 225 g/mol. The maximum atomic E-state index is 12.1. The summed E-state index contributed by atoms with van der Waals surface area (Å²) in [7, 11) is 0. The fourth-order valence-electron chi connectivity index (χ4n) is 2.74. The predicted molar refractivity (Wildman–Crippen MR) is 68.4 cm³/mol. The third-order valence-corrected chi connectivity index (χ3v) is 3.73. The molecule has 0 bridgehead atoms. The Kier molecular flexibility index (Phi) is 5.86. The second kappa shape index (κ2) is 6.93. The summed E-state index contributed by atoms with van der Waals surface area (Å²) in [6.45, 7) is 6.59. The number of unbranched alkanes of at least 4 members (excludes halogenated alkanes) is 3. The molecule has 0 N–H and O–H groups in total. The summed E-state index contributed by atoms with van der Waals surface area (Å²) in [6, 6.07) is 0.921. The largest absolute Gasteiger partial charge is 0.337 e. The van der Waals surface area contributed by atoms with E-state index in [1.54, 1.807) is 0 Å². The van der Waals surface area contributed by atoms with Crippen LogP contribution in [0.15, 0.2) is 0 Å². The Morgan fingerprint density at radius 3 is 2.31 bits per heavy atom. The van der Waals surface area contributed by atoms with Crippen LogP contribution in [0.4, 0.5) is 0 Å². The third kappa shape index (κ3) is 3.80. The van der Waals surface area contributed by atoms with E-state index in [0.29, 0.717) is 18.0 Å². The summed E-state index contributed by atoms with van der Waals surface area (Å²) < 4.78 is 0. The summed E-state index contributed by atoms with van der Waals surface area (Å²) in [5.74, 6) is 0.385. The standard InChI is InChI=1S/C14H27NO/c1-4-5-6-7-11-14(16)15-12(2)9-8-10-13(15)3/h12-13H,4-11H2,1-3H3/t12-,13-/m0/s1. The first-order chi connectivity index (χ1) is 7.66. The Balaban J connectivity index is 2.33. The minimum Gasteiger partial charge on any atom is -0.337 e. The van der Waals surface area contributed by atoms with Gasteiger partial charge in [-0.15, -0.1) is 0 Å². The van der Waals surface area contributed by atoms with Crippen LogP contribution in [0.2, 0.25) is 0 Å². The number of hydrogen-bond acceptors (Lipinski definition) is 1. The van der Waals surface area contributed by atoms with Crippen LogP contribution >= 0.6 is 0 Å². The summed E-state index contributed by atoms with van der Waals surface area (Å²) in [5, 5.41) is 0. The fourth-order valence-corrected chi connectivity index (χ4v) is 2.74. The molecule has 0 aliphatic carbocycles. The number of carbonyl (C=O) groups excluding carboxylic acids is 1. The van der Waals surface area contributed by atoms with Crippen molar-refractivity contribution in [2.24, 2.45) is 0 Å². The van der Waals surface area contributed by atoms with E-state index in [0.717, 1.165) is 12.8 Å². The van der Waals surface area contributed by atoms with Gasteiger partial charge < -0.3 is 4.90 Å². The number of carbonyl (C=O) groups is 1. The molecule has 0 aromatic heterocycles. The van der Waals surface area contributed by atoms with E-state index in [2.05, 4.69) is 25.7 Å². The van der Waals surface area contributed by atoms with E-state index in [1.165, 1.54) is 38.5 Å². The summed E-state index contributed by atoms with van der Waals surface area (Å²) in [6.07, 6.45) is 9.19. The molecule has 2 nitrogen and oxygen atoms in total. The Bertz CT molecular complexity index is 205. The Hall–Kier alpha value is -0.530. The number of nitrogens with zero attached hydrogens (tertiary/aromatic N) is 1. The SMILES string of the molecule is CCCCCCC(=O)N1[C@@H](C)CCC[C@@H]1C. The molecule has 1 rings (SSSR count). The smallest absolute Gasteiger partial charge is 0.223 e. The minimum absolute atomic E-state index is 0.385.